The summed E-state index contributed by atoms with van der Waals surface area (Å²) >= 11 is 0. The van der Waals surface area contributed by atoms with E-state index < -0.39 is 0 Å². The number of anilines is 2. The number of nitrogens with zero attached hydrogens (tertiary/aromatic N) is 3. The first-order valence-electron chi connectivity index (χ1n) is 5.52. The van der Waals surface area contributed by atoms with Crippen molar-refractivity contribution >= 4 is 22.7 Å². The van der Waals surface area contributed by atoms with Crippen molar-refractivity contribution in [3.63, 3.8) is 0 Å². The van der Waals surface area contributed by atoms with Crippen LogP contribution in [0.4, 0.5) is 11.5 Å². The first kappa shape index (κ1) is 10.5. The number of fused-ring (bicyclic) bond motifs is 1. The highest BCUT2D eigenvalue weighted by molar-refractivity contribution is 5.84. The van der Waals surface area contributed by atoms with E-state index in [1.54, 1.807) is 0 Å². The molecule has 0 saturated heterocycles. The van der Waals surface area contributed by atoms with Crippen LogP contribution in [0.5, 0.6) is 0 Å². The van der Waals surface area contributed by atoms with Gasteiger partial charge in [0.25, 0.3) is 0 Å². The van der Waals surface area contributed by atoms with Crippen molar-refractivity contribution in [2.75, 3.05) is 18.1 Å². The zero-order chi connectivity index (χ0) is 12.5. The van der Waals surface area contributed by atoms with E-state index in [0.29, 0.717) is 17.0 Å². The van der Waals surface area contributed by atoms with Crippen LogP contribution in [0.25, 0.3) is 22.6 Å². The number of nitrogens with one attached hydrogen (secondary N) is 2. The number of benzene rings is 1. The largest absolute Gasteiger partial charge is 0.388 e. The predicted octanol–water partition coefficient (Wildman–Crippen LogP) is 1.64. The molecule has 3 rings (SSSR count). The lowest BCUT2D eigenvalue weighted by Gasteiger charge is -2.00. The van der Waals surface area contributed by atoms with Crippen LogP contribution in [-0.2, 0) is 0 Å². The summed E-state index contributed by atoms with van der Waals surface area (Å²) in [5, 5.41) is 3.07. The number of hydrogen-bond donors (Lipinski definition) is 3. The van der Waals surface area contributed by atoms with Crippen molar-refractivity contribution in [3.05, 3.63) is 30.6 Å². The number of nitrogen functional groups attached to an aromatic ring is 1. The second-order valence-corrected chi connectivity index (χ2v) is 3.87. The standard InChI is InChI=1S/C12H12N6/c1-14-8-4-2-7(3-5-8)11-17-9-10(13)15-6-16-12(9)18-11/h2-6,14H,1H3,(H3,13,15,16,17,18). The molecule has 0 saturated carbocycles. The van der Waals surface area contributed by atoms with E-state index >= 15 is 0 Å². The molecule has 2 aromatic heterocycles. The summed E-state index contributed by atoms with van der Waals surface area (Å²) in [6.45, 7) is 0. The molecule has 0 radical (unpaired) electrons. The van der Waals surface area contributed by atoms with Crippen molar-refractivity contribution in [2.45, 2.75) is 0 Å². The first-order valence-corrected chi connectivity index (χ1v) is 5.52. The molecule has 0 amide bonds. The topological polar surface area (TPSA) is 92.5 Å². The van der Waals surface area contributed by atoms with E-state index in [2.05, 4.69) is 25.3 Å². The molecule has 0 fully saturated rings. The second kappa shape index (κ2) is 3.99. The van der Waals surface area contributed by atoms with Gasteiger partial charge in [0.15, 0.2) is 11.5 Å². The molecule has 0 unspecified atom stereocenters. The Bertz CT molecular complexity index is 685. The van der Waals surface area contributed by atoms with Gasteiger partial charge < -0.3 is 16.0 Å². The molecule has 6 heteroatoms. The van der Waals surface area contributed by atoms with Crippen LogP contribution in [0, 0.1) is 0 Å². The molecular formula is C12H12N6. The van der Waals surface area contributed by atoms with E-state index in [0.717, 1.165) is 17.1 Å². The smallest absolute Gasteiger partial charge is 0.183 e. The van der Waals surface area contributed by atoms with Gasteiger partial charge in [-0.1, -0.05) is 0 Å². The molecule has 0 aliphatic rings. The maximum atomic E-state index is 5.76. The SMILES string of the molecule is CNc1ccc(-c2nc3ncnc(N)c3[nH]2)cc1. The number of aromatic nitrogens is 4. The fourth-order valence-electron chi connectivity index (χ4n) is 1.78. The Morgan fingerprint density at radius 1 is 1.17 bits per heavy atom. The highest BCUT2D eigenvalue weighted by Crippen LogP contribution is 2.22. The lowest BCUT2D eigenvalue weighted by Crippen LogP contribution is -1.91. The Balaban J connectivity index is 2.10. The van der Waals surface area contributed by atoms with E-state index in [9.17, 15) is 0 Å². The van der Waals surface area contributed by atoms with Crippen LogP contribution in [0.3, 0.4) is 0 Å². The van der Waals surface area contributed by atoms with E-state index in [1.807, 2.05) is 31.3 Å². The van der Waals surface area contributed by atoms with Gasteiger partial charge in [-0.15, -0.1) is 0 Å². The molecule has 0 spiro atoms. The third kappa shape index (κ3) is 1.64. The van der Waals surface area contributed by atoms with Crippen LogP contribution in [-0.4, -0.2) is 27.0 Å². The minimum absolute atomic E-state index is 0.408. The maximum Gasteiger partial charge on any atom is 0.183 e. The van der Waals surface area contributed by atoms with Crippen molar-refractivity contribution in [2.24, 2.45) is 0 Å². The molecular weight excluding hydrogens is 228 g/mol. The highest BCUT2D eigenvalue weighted by Gasteiger charge is 2.08. The summed E-state index contributed by atoms with van der Waals surface area (Å²) < 4.78 is 0. The zero-order valence-corrected chi connectivity index (χ0v) is 9.81. The summed E-state index contributed by atoms with van der Waals surface area (Å²) in [5.74, 6) is 1.14. The van der Waals surface area contributed by atoms with E-state index in [4.69, 9.17) is 5.73 Å². The summed E-state index contributed by atoms with van der Waals surface area (Å²) in [6, 6.07) is 7.93. The Labute approximate surface area is 103 Å². The lowest BCUT2D eigenvalue weighted by molar-refractivity contribution is 1.21. The monoisotopic (exact) mass is 240 g/mol. The van der Waals surface area contributed by atoms with Gasteiger partial charge in [0.2, 0.25) is 0 Å². The first-order chi connectivity index (χ1) is 8.78. The number of nitrogens with two attached hydrogens (primary N) is 1. The van der Waals surface area contributed by atoms with Gasteiger partial charge in [-0.3, -0.25) is 0 Å². The van der Waals surface area contributed by atoms with Gasteiger partial charge in [-0.25, -0.2) is 15.0 Å². The number of imidazole rings is 1. The van der Waals surface area contributed by atoms with Crippen LogP contribution in [0.1, 0.15) is 0 Å². The average Bonchev–Trinajstić information content (AvgIpc) is 2.84. The van der Waals surface area contributed by atoms with Crippen LogP contribution < -0.4 is 11.1 Å². The van der Waals surface area contributed by atoms with Gasteiger partial charge in [-0.2, -0.15) is 0 Å². The van der Waals surface area contributed by atoms with Gasteiger partial charge in [-0.05, 0) is 24.3 Å². The molecule has 1 aromatic carbocycles. The summed E-state index contributed by atoms with van der Waals surface area (Å²) in [6.07, 6.45) is 1.41. The van der Waals surface area contributed by atoms with Crippen molar-refractivity contribution in [1.82, 2.24) is 19.9 Å². The normalized spacial score (nSPS) is 10.7. The molecule has 18 heavy (non-hydrogen) atoms. The minimum atomic E-state index is 0.408. The van der Waals surface area contributed by atoms with Gasteiger partial charge in [0.1, 0.15) is 17.7 Å². The molecule has 3 aromatic rings. The third-order valence-corrected chi connectivity index (χ3v) is 2.76. The molecule has 2 heterocycles. The second-order valence-electron chi connectivity index (χ2n) is 3.87. The molecule has 6 nitrogen and oxygen atoms in total. The zero-order valence-electron chi connectivity index (χ0n) is 9.81. The van der Waals surface area contributed by atoms with Crippen molar-refractivity contribution in [3.8, 4) is 11.4 Å². The Morgan fingerprint density at radius 3 is 2.61 bits per heavy atom. The number of rotatable bonds is 2. The van der Waals surface area contributed by atoms with Crippen molar-refractivity contribution < 1.29 is 0 Å². The van der Waals surface area contributed by atoms with Gasteiger partial charge in [0.05, 0.1) is 0 Å². The van der Waals surface area contributed by atoms with Crippen LogP contribution >= 0.6 is 0 Å². The summed E-state index contributed by atoms with van der Waals surface area (Å²) in [4.78, 5) is 15.5. The molecule has 0 aliphatic carbocycles. The number of aromatic amines is 1. The maximum absolute atomic E-state index is 5.76. The lowest BCUT2D eigenvalue weighted by atomic mass is 10.2. The Morgan fingerprint density at radius 2 is 1.94 bits per heavy atom. The molecule has 0 bridgehead atoms. The third-order valence-electron chi connectivity index (χ3n) is 2.76. The summed E-state index contributed by atoms with van der Waals surface area (Å²) in [5.41, 5.74) is 9.04. The fraction of sp³-hybridized carbons (Fsp3) is 0.0833. The molecule has 4 N–H and O–H groups in total. The number of hydrogen-bond acceptors (Lipinski definition) is 5. The molecule has 0 atom stereocenters. The highest BCUT2D eigenvalue weighted by atomic mass is 15.0. The van der Waals surface area contributed by atoms with Crippen LogP contribution in [0.15, 0.2) is 30.6 Å². The molecule has 90 valence electrons. The average molecular weight is 240 g/mol. The minimum Gasteiger partial charge on any atom is -0.388 e. The Hall–Kier alpha value is -2.63. The predicted molar refractivity (Wildman–Crippen MR) is 71.1 cm³/mol. The van der Waals surface area contributed by atoms with Crippen molar-refractivity contribution in [1.29, 1.82) is 0 Å². The number of H-pyrrole nitrogens is 1. The van der Waals surface area contributed by atoms with Gasteiger partial charge in [0, 0.05) is 18.3 Å². The summed E-state index contributed by atoms with van der Waals surface area (Å²) in [7, 11) is 1.88. The fourth-order valence-corrected chi connectivity index (χ4v) is 1.78. The quantitative estimate of drug-likeness (QED) is 0.633. The van der Waals surface area contributed by atoms with Gasteiger partial charge >= 0.3 is 0 Å². The molecule has 0 aliphatic heterocycles. The van der Waals surface area contributed by atoms with Crippen LogP contribution in [0.2, 0.25) is 0 Å². The van der Waals surface area contributed by atoms with E-state index in [-0.39, 0.29) is 0 Å². The van der Waals surface area contributed by atoms with E-state index in [1.165, 1.54) is 6.33 Å². The Kier molecular flexibility index (Phi) is 2.33.